The quantitative estimate of drug-likeness (QED) is 0.725. The van der Waals surface area contributed by atoms with E-state index in [9.17, 15) is 14.4 Å². The van der Waals surface area contributed by atoms with Crippen LogP contribution >= 0.6 is 0 Å². The number of anilines is 1. The molecule has 2 aromatic carbocycles. The molecule has 1 aromatic heterocycles. The van der Waals surface area contributed by atoms with Gasteiger partial charge in [-0.2, -0.15) is 0 Å². The zero-order valence-electron chi connectivity index (χ0n) is 11.8. The second-order valence-electron chi connectivity index (χ2n) is 4.79. The summed E-state index contributed by atoms with van der Waals surface area (Å²) < 4.78 is 5.12. The minimum absolute atomic E-state index is 0.0347. The van der Waals surface area contributed by atoms with Gasteiger partial charge in [-0.3, -0.25) is 4.79 Å². The smallest absolute Gasteiger partial charge is 0.360 e. The van der Waals surface area contributed by atoms with Crippen molar-refractivity contribution < 1.29 is 19.1 Å². The minimum atomic E-state index is -1.22. The van der Waals surface area contributed by atoms with Gasteiger partial charge in [0.15, 0.2) is 0 Å². The Morgan fingerprint density at radius 2 is 1.61 bits per heavy atom. The number of nitrogens with one attached hydrogen (secondary N) is 1. The van der Waals surface area contributed by atoms with Crippen LogP contribution in [0.5, 0.6) is 0 Å². The zero-order chi connectivity index (χ0) is 16.4. The summed E-state index contributed by atoms with van der Waals surface area (Å²) in [5, 5.41) is 12.2. The van der Waals surface area contributed by atoms with Gasteiger partial charge in [-0.25, -0.2) is 9.59 Å². The van der Waals surface area contributed by atoms with Crippen molar-refractivity contribution in [1.29, 1.82) is 0 Å². The molecule has 0 bridgehead atoms. The summed E-state index contributed by atoms with van der Waals surface area (Å²) in [4.78, 5) is 35.4. The lowest BCUT2D eigenvalue weighted by Gasteiger charge is -2.07. The van der Waals surface area contributed by atoms with Gasteiger partial charge in [-0.15, -0.1) is 0 Å². The van der Waals surface area contributed by atoms with E-state index in [1.807, 2.05) is 0 Å². The minimum Gasteiger partial charge on any atom is -0.478 e. The van der Waals surface area contributed by atoms with Crippen LogP contribution in [0.15, 0.2) is 63.8 Å². The second kappa shape index (κ2) is 5.76. The lowest BCUT2D eigenvalue weighted by Crippen LogP contribution is -2.20. The number of carboxylic acids is 1. The monoisotopic (exact) mass is 309 g/mol. The number of rotatable bonds is 3. The van der Waals surface area contributed by atoms with E-state index in [1.165, 1.54) is 24.3 Å². The standard InChI is InChI=1S/C17H11NO5/c19-15(11-6-2-3-7-12(11)16(20)21)18-13-9-10-5-1-4-8-14(10)23-17(13)22/h1-9H,(H,18,19)(H,20,21). The Kier molecular flexibility index (Phi) is 3.64. The maximum atomic E-state index is 12.3. The molecule has 0 aliphatic carbocycles. The molecule has 0 radical (unpaired) electrons. The molecule has 6 nitrogen and oxygen atoms in total. The van der Waals surface area contributed by atoms with Crippen molar-refractivity contribution in [2.45, 2.75) is 0 Å². The van der Waals surface area contributed by atoms with Gasteiger partial charge in [0, 0.05) is 5.39 Å². The van der Waals surface area contributed by atoms with Crippen LogP contribution < -0.4 is 10.9 Å². The topological polar surface area (TPSA) is 96.6 Å². The number of fused-ring (bicyclic) bond motifs is 1. The normalized spacial score (nSPS) is 10.4. The maximum absolute atomic E-state index is 12.3. The number of carbonyl (C=O) groups is 2. The first kappa shape index (κ1) is 14.5. The van der Waals surface area contributed by atoms with Crippen LogP contribution in [-0.2, 0) is 0 Å². The van der Waals surface area contributed by atoms with Crippen molar-refractivity contribution in [3.8, 4) is 0 Å². The summed E-state index contributed by atoms with van der Waals surface area (Å²) in [6.45, 7) is 0. The Balaban J connectivity index is 1.99. The number of aromatic carboxylic acids is 1. The van der Waals surface area contributed by atoms with Crippen LogP contribution in [0.1, 0.15) is 20.7 Å². The molecule has 0 aliphatic rings. The number of hydrogen-bond donors (Lipinski definition) is 2. The first-order valence-corrected chi connectivity index (χ1v) is 6.73. The third kappa shape index (κ3) is 2.82. The van der Waals surface area contributed by atoms with Gasteiger partial charge in [0.2, 0.25) is 0 Å². The summed E-state index contributed by atoms with van der Waals surface area (Å²) in [5.74, 6) is -1.91. The van der Waals surface area contributed by atoms with E-state index in [1.54, 1.807) is 30.3 Å². The van der Waals surface area contributed by atoms with E-state index in [2.05, 4.69) is 5.32 Å². The molecule has 0 fully saturated rings. The largest absolute Gasteiger partial charge is 0.478 e. The van der Waals surface area contributed by atoms with Crippen LogP contribution in [0.2, 0.25) is 0 Å². The Morgan fingerprint density at radius 3 is 2.35 bits per heavy atom. The number of benzene rings is 2. The predicted octanol–water partition coefficient (Wildman–Crippen LogP) is 2.74. The Labute approximate surface area is 130 Å². The van der Waals surface area contributed by atoms with Crippen molar-refractivity contribution in [3.05, 3.63) is 76.1 Å². The zero-order valence-corrected chi connectivity index (χ0v) is 11.8. The molecule has 23 heavy (non-hydrogen) atoms. The summed E-state index contributed by atoms with van der Waals surface area (Å²) in [6, 6.07) is 14.1. The number of para-hydroxylation sites is 1. The fourth-order valence-corrected chi connectivity index (χ4v) is 2.21. The maximum Gasteiger partial charge on any atom is 0.360 e. The van der Waals surface area contributed by atoms with Crippen molar-refractivity contribution >= 4 is 28.5 Å². The Morgan fingerprint density at radius 1 is 0.957 bits per heavy atom. The van der Waals surface area contributed by atoms with E-state index in [-0.39, 0.29) is 16.8 Å². The SMILES string of the molecule is O=C(O)c1ccccc1C(=O)Nc1cc2ccccc2oc1=O. The van der Waals surface area contributed by atoms with Gasteiger partial charge in [-0.05, 0) is 24.3 Å². The van der Waals surface area contributed by atoms with Gasteiger partial charge in [-0.1, -0.05) is 30.3 Å². The number of amides is 1. The third-order valence-corrected chi connectivity index (χ3v) is 3.29. The Bertz CT molecular complexity index is 974. The molecule has 0 unspecified atom stereocenters. The average Bonchev–Trinajstić information content (AvgIpc) is 2.55. The Hall–Kier alpha value is -3.41. The fourth-order valence-electron chi connectivity index (χ4n) is 2.21. The number of carbonyl (C=O) groups excluding carboxylic acids is 1. The van der Waals surface area contributed by atoms with Crippen LogP contribution in [0.25, 0.3) is 11.0 Å². The van der Waals surface area contributed by atoms with Crippen LogP contribution in [0.4, 0.5) is 5.69 Å². The van der Waals surface area contributed by atoms with Crippen molar-refractivity contribution in [3.63, 3.8) is 0 Å². The number of hydrogen-bond acceptors (Lipinski definition) is 4. The molecule has 1 amide bonds. The van der Waals surface area contributed by atoms with E-state index in [4.69, 9.17) is 9.52 Å². The van der Waals surface area contributed by atoms with Gasteiger partial charge >= 0.3 is 11.6 Å². The van der Waals surface area contributed by atoms with Gasteiger partial charge < -0.3 is 14.8 Å². The average molecular weight is 309 g/mol. The molecule has 114 valence electrons. The molecule has 0 spiro atoms. The number of carboxylic acid groups (broad SMARTS) is 1. The summed E-state index contributed by atoms with van der Waals surface area (Å²) in [6.07, 6.45) is 0. The van der Waals surface area contributed by atoms with Crippen LogP contribution in [0, 0.1) is 0 Å². The third-order valence-electron chi connectivity index (χ3n) is 3.29. The molecule has 0 saturated heterocycles. The predicted molar refractivity (Wildman–Crippen MR) is 83.8 cm³/mol. The van der Waals surface area contributed by atoms with Crippen LogP contribution in [-0.4, -0.2) is 17.0 Å². The highest BCUT2D eigenvalue weighted by molar-refractivity contribution is 6.10. The van der Waals surface area contributed by atoms with Crippen molar-refractivity contribution in [1.82, 2.24) is 0 Å². The summed E-state index contributed by atoms with van der Waals surface area (Å²) in [7, 11) is 0. The molecule has 0 saturated carbocycles. The highest BCUT2D eigenvalue weighted by Gasteiger charge is 2.17. The summed E-state index contributed by atoms with van der Waals surface area (Å²) >= 11 is 0. The van der Waals surface area contributed by atoms with E-state index in [0.29, 0.717) is 11.0 Å². The van der Waals surface area contributed by atoms with Crippen molar-refractivity contribution in [2.75, 3.05) is 5.32 Å². The lowest BCUT2D eigenvalue weighted by molar-refractivity contribution is 0.0692. The molecule has 3 rings (SSSR count). The molecule has 6 heteroatoms. The van der Waals surface area contributed by atoms with Gasteiger partial charge in [0.25, 0.3) is 5.91 Å². The summed E-state index contributed by atoms with van der Waals surface area (Å²) in [5.41, 5.74) is -0.525. The second-order valence-corrected chi connectivity index (χ2v) is 4.79. The molecule has 1 heterocycles. The van der Waals surface area contributed by atoms with Gasteiger partial charge in [0.05, 0.1) is 11.1 Å². The van der Waals surface area contributed by atoms with E-state index >= 15 is 0 Å². The molecule has 2 N–H and O–H groups in total. The molecule has 0 atom stereocenters. The molecule has 3 aromatic rings. The fraction of sp³-hybridized carbons (Fsp3) is 0. The van der Waals surface area contributed by atoms with Gasteiger partial charge in [0.1, 0.15) is 11.3 Å². The molecule has 0 aliphatic heterocycles. The first-order valence-electron chi connectivity index (χ1n) is 6.73. The lowest BCUT2D eigenvalue weighted by atomic mass is 10.1. The van der Waals surface area contributed by atoms with E-state index < -0.39 is 17.5 Å². The van der Waals surface area contributed by atoms with E-state index in [0.717, 1.165) is 0 Å². The first-order chi connectivity index (χ1) is 11.1. The van der Waals surface area contributed by atoms with Crippen molar-refractivity contribution in [2.24, 2.45) is 0 Å². The molecular weight excluding hydrogens is 298 g/mol. The highest BCUT2D eigenvalue weighted by Crippen LogP contribution is 2.16. The van der Waals surface area contributed by atoms with Crippen LogP contribution in [0.3, 0.4) is 0 Å². The molecular formula is C17H11NO5. The highest BCUT2D eigenvalue weighted by atomic mass is 16.4.